The lowest BCUT2D eigenvalue weighted by Gasteiger charge is -2.06. The van der Waals surface area contributed by atoms with E-state index in [1.165, 1.54) is 0 Å². The zero-order valence-electron chi connectivity index (χ0n) is 16.0. The van der Waals surface area contributed by atoms with Gasteiger partial charge in [-0.1, -0.05) is 12.1 Å². The van der Waals surface area contributed by atoms with Crippen LogP contribution in [0.25, 0.3) is 16.6 Å². The summed E-state index contributed by atoms with van der Waals surface area (Å²) >= 11 is 0. The Bertz CT molecular complexity index is 1320. The predicted molar refractivity (Wildman–Crippen MR) is 113 cm³/mol. The van der Waals surface area contributed by atoms with Gasteiger partial charge < -0.3 is 4.57 Å². The molecule has 1 aliphatic heterocycles. The van der Waals surface area contributed by atoms with Crippen LogP contribution in [0.4, 0.5) is 0 Å². The average molecular weight is 398 g/mol. The highest BCUT2D eigenvalue weighted by atomic mass is 16.2. The van der Waals surface area contributed by atoms with E-state index in [0.717, 1.165) is 29.9 Å². The van der Waals surface area contributed by atoms with E-state index < -0.39 is 0 Å². The van der Waals surface area contributed by atoms with Crippen LogP contribution in [0.2, 0.25) is 0 Å². The maximum Gasteiger partial charge on any atom is 0.271 e. The van der Waals surface area contributed by atoms with Crippen molar-refractivity contribution in [3.05, 3.63) is 88.5 Å². The van der Waals surface area contributed by atoms with Gasteiger partial charge in [-0.05, 0) is 42.3 Å². The zero-order valence-corrected chi connectivity index (χ0v) is 16.0. The normalized spacial score (nSPS) is 13.1. The molecule has 148 valence electrons. The lowest BCUT2D eigenvalue weighted by molar-refractivity contribution is 0.0955. The molecule has 30 heavy (non-hydrogen) atoms. The van der Waals surface area contributed by atoms with Crippen molar-refractivity contribution in [3.63, 3.8) is 0 Å². The molecule has 0 unspecified atom stereocenters. The summed E-state index contributed by atoms with van der Waals surface area (Å²) in [4.78, 5) is 33.6. The van der Waals surface area contributed by atoms with E-state index in [0.29, 0.717) is 23.0 Å². The van der Waals surface area contributed by atoms with Gasteiger partial charge in [-0.25, -0.2) is 15.4 Å². The first kappa shape index (κ1) is 18.0. The first-order valence-electron chi connectivity index (χ1n) is 9.64. The number of hydrogen-bond acceptors (Lipinski definition) is 5. The fourth-order valence-corrected chi connectivity index (χ4v) is 3.60. The maximum atomic E-state index is 12.5. The number of carbonyl (C=O) groups excluding carboxylic acids is 1. The van der Waals surface area contributed by atoms with E-state index in [1.54, 1.807) is 41.5 Å². The number of fused-ring (bicyclic) bond motifs is 2. The van der Waals surface area contributed by atoms with Gasteiger partial charge in [0.2, 0.25) is 0 Å². The number of amides is 1. The van der Waals surface area contributed by atoms with Crippen molar-refractivity contribution >= 4 is 23.0 Å². The smallest absolute Gasteiger partial charge is 0.271 e. The van der Waals surface area contributed by atoms with Crippen LogP contribution < -0.4 is 11.0 Å². The van der Waals surface area contributed by atoms with Crippen molar-refractivity contribution in [2.75, 3.05) is 0 Å². The summed E-state index contributed by atoms with van der Waals surface area (Å²) in [6.07, 6.45) is 8.59. The SMILES string of the molecule is O=C(N/N=C/c1ccc(-n2ccnc2)cc1)c1ccc2c(=O)n3c(nc2c1)CCC3. The quantitative estimate of drug-likeness (QED) is 0.422. The fourth-order valence-electron chi connectivity index (χ4n) is 3.60. The fraction of sp³-hybridized carbons (Fsp3) is 0.136. The Balaban J connectivity index is 1.31. The number of benzene rings is 2. The number of imidazole rings is 1. The van der Waals surface area contributed by atoms with E-state index in [-0.39, 0.29) is 11.5 Å². The van der Waals surface area contributed by atoms with Crippen LogP contribution in [-0.4, -0.2) is 31.2 Å². The second kappa shape index (κ2) is 7.40. The van der Waals surface area contributed by atoms with Crippen molar-refractivity contribution in [3.8, 4) is 5.69 Å². The monoisotopic (exact) mass is 398 g/mol. The number of hydrazone groups is 1. The topological polar surface area (TPSA) is 94.2 Å². The second-order valence-corrected chi connectivity index (χ2v) is 7.08. The van der Waals surface area contributed by atoms with E-state index >= 15 is 0 Å². The number of aryl methyl sites for hydroxylation is 1. The minimum atomic E-state index is -0.356. The summed E-state index contributed by atoms with van der Waals surface area (Å²) in [5, 5.41) is 4.56. The van der Waals surface area contributed by atoms with Crippen molar-refractivity contribution in [1.29, 1.82) is 0 Å². The van der Waals surface area contributed by atoms with E-state index in [2.05, 4.69) is 20.5 Å². The predicted octanol–water partition coefficient (Wildman–Crippen LogP) is 2.29. The molecule has 0 spiro atoms. The molecule has 0 saturated carbocycles. The average Bonchev–Trinajstić information content (AvgIpc) is 3.46. The third kappa shape index (κ3) is 3.28. The van der Waals surface area contributed by atoms with Crippen LogP contribution in [0.1, 0.15) is 28.2 Å². The van der Waals surface area contributed by atoms with Crippen LogP contribution >= 0.6 is 0 Å². The molecule has 0 aliphatic carbocycles. The third-order valence-electron chi connectivity index (χ3n) is 5.15. The molecule has 0 bridgehead atoms. The summed E-state index contributed by atoms with van der Waals surface area (Å²) in [5.74, 6) is 0.424. The molecule has 0 radical (unpaired) electrons. The van der Waals surface area contributed by atoms with Crippen molar-refractivity contribution < 1.29 is 4.79 Å². The Morgan fingerprint density at radius 1 is 1.17 bits per heavy atom. The number of nitrogens with zero attached hydrogens (tertiary/aromatic N) is 5. The van der Waals surface area contributed by atoms with Gasteiger partial charge in [0.25, 0.3) is 11.5 Å². The highest BCUT2D eigenvalue weighted by Gasteiger charge is 2.17. The largest absolute Gasteiger partial charge is 0.306 e. The van der Waals surface area contributed by atoms with Gasteiger partial charge in [0.1, 0.15) is 5.82 Å². The molecule has 3 heterocycles. The van der Waals surface area contributed by atoms with Crippen molar-refractivity contribution in [1.82, 2.24) is 24.5 Å². The van der Waals surface area contributed by atoms with Gasteiger partial charge in [0.05, 0.1) is 23.4 Å². The Kier molecular flexibility index (Phi) is 4.44. The third-order valence-corrected chi connectivity index (χ3v) is 5.15. The molecular weight excluding hydrogens is 380 g/mol. The van der Waals surface area contributed by atoms with Gasteiger partial charge in [-0.15, -0.1) is 0 Å². The van der Waals surface area contributed by atoms with Crippen molar-refractivity contribution in [2.45, 2.75) is 19.4 Å². The summed E-state index contributed by atoms with van der Waals surface area (Å²) < 4.78 is 3.61. The minimum Gasteiger partial charge on any atom is -0.306 e. The van der Waals surface area contributed by atoms with Crippen LogP contribution in [0.15, 0.2) is 71.1 Å². The maximum absolute atomic E-state index is 12.5. The number of nitrogens with one attached hydrogen (secondary N) is 1. The Labute approximate surface area is 171 Å². The first-order chi connectivity index (χ1) is 14.7. The van der Waals surface area contributed by atoms with Crippen LogP contribution in [0, 0.1) is 0 Å². The first-order valence-corrected chi connectivity index (χ1v) is 9.64. The summed E-state index contributed by atoms with van der Waals surface area (Å²) in [7, 11) is 0. The lowest BCUT2D eigenvalue weighted by Crippen LogP contribution is -2.22. The Hall–Kier alpha value is -4.07. The molecule has 2 aromatic carbocycles. The lowest BCUT2D eigenvalue weighted by atomic mass is 10.1. The zero-order chi connectivity index (χ0) is 20.5. The Morgan fingerprint density at radius 3 is 2.83 bits per heavy atom. The number of aromatic nitrogens is 4. The molecule has 2 aromatic heterocycles. The summed E-state index contributed by atoms with van der Waals surface area (Å²) in [5.41, 5.74) is 5.27. The molecule has 1 N–H and O–H groups in total. The van der Waals surface area contributed by atoms with Crippen LogP contribution in [0.3, 0.4) is 0 Å². The van der Waals surface area contributed by atoms with Gasteiger partial charge in [-0.3, -0.25) is 14.2 Å². The molecule has 4 aromatic rings. The highest BCUT2D eigenvalue weighted by molar-refractivity contribution is 5.98. The number of hydrogen-bond donors (Lipinski definition) is 1. The minimum absolute atomic E-state index is 0.0448. The molecule has 8 nitrogen and oxygen atoms in total. The van der Waals surface area contributed by atoms with Crippen LogP contribution in [0.5, 0.6) is 0 Å². The molecule has 0 fully saturated rings. The molecule has 1 aliphatic rings. The van der Waals surface area contributed by atoms with Gasteiger partial charge in [0, 0.05) is 36.6 Å². The summed E-state index contributed by atoms with van der Waals surface area (Å²) in [6.45, 7) is 0.706. The van der Waals surface area contributed by atoms with Gasteiger partial charge in [0.15, 0.2) is 0 Å². The number of carbonyl (C=O) groups is 1. The van der Waals surface area contributed by atoms with Crippen molar-refractivity contribution in [2.24, 2.45) is 5.10 Å². The van der Waals surface area contributed by atoms with Crippen LogP contribution in [-0.2, 0) is 13.0 Å². The molecule has 8 heteroatoms. The standard InChI is InChI=1S/C22H18N6O2/c29-21(26-24-13-15-3-6-17(7-4-15)27-11-9-23-14-27)16-5-8-18-19(12-16)25-20-2-1-10-28(20)22(18)30/h3-9,11-14H,1-2,10H2,(H,26,29)/b24-13+. The molecule has 0 atom stereocenters. The molecule has 5 rings (SSSR count). The van der Waals surface area contributed by atoms with Gasteiger partial charge in [-0.2, -0.15) is 5.10 Å². The summed E-state index contributed by atoms with van der Waals surface area (Å²) in [6, 6.07) is 12.6. The Morgan fingerprint density at radius 2 is 2.03 bits per heavy atom. The molecular formula is C22H18N6O2. The molecule has 0 saturated heterocycles. The number of rotatable bonds is 4. The van der Waals surface area contributed by atoms with E-state index in [9.17, 15) is 9.59 Å². The van der Waals surface area contributed by atoms with Gasteiger partial charge >= 0.3 is 0 Å². The second-order valence-electron chi connectivity index (χ2n) is 7.08. The van der Waals surface area contributed by atoms with E-state index in [4.69, 9.17) is 0 Å². The van der Waals surface area contributed by atoms with E-state index in [1.807, 2.05) is 35.0 Å². The highest BCUT2D eigenvalue weighted by Crippen LogP contribution is 2.16. The molecule has 1 amide bonds.